The van der Waals surface area contributed by atoms with Gasteiger partial charge < -0.3 is 0 Å². The third kappa shape index (κ3) is 2.41. The number of hydrogen-bond acceptors (Lipinski definition) is 0. The molecule has 0 spiro atoms. The highest BCUT2D eigenvalue weighted by molar-refractivity contribution is 6.70. The first-order valence-corrected chi connectivity index (χ1v) is 11.1. The summed E-state index contributed by atoms with van der Waals surface area (Å²) in [4.78, 5) is 0. The smallest absolute Gasteiger partial charge is 0.114 e. The summed E-state index contributed by atoms with van der Waals surface area (Å²) in [5.41, 5.74) is 12.7. The molecule has 0 bridgehead atoms. The monoisotopic (exact) mass is 410 g/mol. The lowest BCUT2D eigenvalue weighted by Crippen LogP contribution is -2.40. The van der Waals surface area contributed by atoms with Crippen molar-refractivity contribution in [2.24, 2.45) is 0 Å². The molecule has 0 heterocycles. The molecule has 4 rings (SSSR count). The molecule has 0 N–H and O–H groups in total. The highest BCUT2D eigenvalue weighted by atomic mass is 35.5. The second kappa shape index (κ2) is 6.11. The van der Waals surface area contributed by atoms with Crippen LogP contribution in [0.3, 0.4) is 0 Å². The Balaban J connectivity index is 1.92. The second-order valence-electron chi connectivity index (χ2n) is 7.94. The van der Waals surface area contributed by atoms with E-state index in [9.17, 15) is 0 Å². The van der Waals surface area contributed by atoms with Crippen LogP contribution in [0.4, 0.5) is 0 Å². The summed E-state index contributed by atoms with van der Waals surface area (Å²) >= 11 is 14.9. The molecule has 138 valence electrons. The summed E-state index contributed by atoms with van der Waals surface area (Å²) in [6.07, 6.45) is 0. The topological polar surface area (TPSA) is 0 Å². The summed E-state index contributed by atoms with van der Waals surface area (Å²) in [6.45, 7) is 13.1. The first kappa shape index (κ1) is 19.1. The van der Waals surface area contributed by atoms with Crippen molar-refractivity contribution in [2.75, 3.05) is 0 Å². The van der Waals surface area contributed by atoms with Crippen molar-refractivity contribution >= 4 is 43.9 Å². The van der Waals surface area contributed by atoms with Gasteiger partial charge in [-0.1, -0.05) is 36.4 Å². The van der Waals surface area contributed by atoms with Crippen molar-refractivity contribution in [1.82, 2.24) is 0 Å². The molecule has 0 fully saturated rings. The van der Waals surface area contributed by atoms with E-state index in [2.05, 4.69) is 77.9 Å². The zero-order valence-electron chi connectivity index (χ0n) is 16.7. The molecule has 2 aromatic rings. The summed E-state index contributed by atoms with van der Waals surface area (Å²) < 4.78 is -1.11. The summed E-state index contributed by atoms with van der Waals surface area (Å²) in [7, 11) is 0.320. The first-order chi connectivity index (χ1) is 12.6. The van der Waals surface area contributed by atoms with Crippen molar-refractivity contribution in [3.05, 3.63) is 80.9 Å². The zero-order chi connectivity index (χ0) is 19.7. The molecule has 2 aliphatic rings. The molecule has 3 heteroatoms. The molecular formula is C24H24Cl2Si. The number of alkyl halides is 2. The molecule has 0 saturated carbocycles. The van der Waals surface area contributed by atoms with Crippen LogP contribution in [0.5, 0.6) is 0 Å². The van der Waals surface area contributed by atoms with Gasteiger partial charge in [-0.15, -0.1) is 23.2 Å². The Bertz CT molecular complexity index is 963. The van der Waals surface area contributed by atoms with Crippen LogP contribution in [-0.4, -0.2) is 9.52 Å². The number of allylic oxidation sites excluding steroid dienone is 4. The first-order valence-electron chi connectivity index (χ1n) is 9.37. The van der Waals surface area contributed by atoms with Gasteiger partial charge in [0.05, 0.1) is 8.99 Å². The van der Waals surface area contributed by atoms with E-state index in [1.54, 1.807) is 0 Å². The van der Waals surface area contributed by atoms with E-state index in [0.717, 1.165) is 0 Å². The minimum Gasteiger partial charge on any atom is -0.114 e. The zero-order valence-corrected chi connectivity index (χ0v) is 19.2. The van der Waals surface area contributed by atoms with Crippen LogP contribution in [0.1, 0.15) is 61.1 Å². The molecular weight excluding hydrogens is 387 g/mol. The number of hydrogen-bond donors (Lipinski definition) is 0. The molecule has 0 nitrogen and oxygen atoms in total. The van der Waals surface area contributed by atoms with Gasteiger partial charge in [-0.25, -0.2) is 0 Å². The quantitative estimate of drug-likeness (QED) is 0.365. The van der Waals surface area contributed by atoms with Crippen LogP contribution in [0.15, 0.2) is 47.5 Å². The fraction of sp³-hybridized carbons (Fsp3) is 0.333. The van der Waals surface area contributed by atoms with E-state index in [-0.39, 0.29) is 0 Å². The predicted octanol–water partition coefficient (Wildman–Crippen LogP) is 7.11. The molecule has 0 saturated heterocycles. The summed E-state index contributed by atoms with van der Waals surface area (Å²) in [6, 6.07) is 12.9. The van der Waals surface area contributed by atoms with Crippen LogP contribution in [0, 0.1) is 13.8 Å². The Morgan fingerprint density at radius 2 is 1.00 bits per heavy atom. The lowest BCUT2D eigenvalue weighted by molar-refractivity contribution is 0.923. The maximum absolute atomic E-state index is 7.45. The largest absolute Gasteiger partial charge is 0.118 e. The minimum atomic E-state index is -0.555. The lowest BCUT2D eigenvalue weighted by atomic mass is 10.0. The van der Waals surface area contributed by atoms with Gasteiger partial charge in [-0.3, -0.25) is 0 Å². The van der Waals surface area contributed by atoms with Crippen molar-refractivity contribution in [2.45, 2.75) is 50.5 Å². The van der Waals surface area contributed by atoms with Gasteiger partial charge in [0, 0.05) is 0 Å². The third-order valence-corrected chi connectivity index (χ3v) is 10.1. The normalized spacial score (nSPS) is 26.7. The summed E-state index contributed by atoms with van der Waals surface area (Å²) in [5.74, 6) is 0. The number of rotatable bonds is 2. The number of halogens is 2. The molecule has 2 aromatic carbocycles. The molecule has 2 unspecified atom stereocenters. The number of benzene rings is 2. The SMILES string of the molecule is CC1=C(C)C(Cl)([Si]C2(Cl)C(C)=C(C)c3c(C)cccc32)c2cccc(C)c21. The maximum Gasteiger partial charge on any atom is 0.118 e. The highest BCUT2D eigenvalue weighted by Gasteiger charge is 2.51. The Kier molecular flexibility index (Phi) is 4.31. The van der Waals surface area contributed by atoms with Crippen LogP contribution in [-0.2, 0) is 8.99 Å². The van der Waals surface area contributed by atoms with Crippen molar-refractivity contribution in [3.8, 4) is 0 Å². The fourth-order valence-electron chi connectivity index (χ4n) is 4.76. The van der Waals surface area contributed by atoms with Crippen LogP contribution in [0.2, 0.25) is 0 Å². The Morgan fingerprint density at radius 3 is 1.37 bits per heavy atom. The van der Waals surface area contributed by atoms with Crippen LogP contribution in [0.25, 0.3) is 11.1 Å². The number of fused-ring (bicyclic) bond motifs is 2. The number of aryl methyl sites for hydroxylation is 2. The third-order valence-electron chi connectivity index (χ3n) is 6.54. The van der Waals surface area contributed by atoms with Gasteiger partial charge >= 0.3 is 0 Å². The van der Waals surface area contributed by atoms with Gasteiger partial charge in [0.2, 0.25) is 0 Å². The lowest BCUT2D eigenvalue weighted by Gasteiger charge is -2.35. The van der Waals surface area contributed by atoms with Gasteiger partial charge in [0.1, 0.15) is 9.52 Å². The molecule has 2 aliphatic carbocycles. The van der Waals surface area contributed by atoms with E-state index in [1.165, 1.54) is 55.7 Å². The van der Waals surface area contributed by atoms with Crippen molar-refractivity contribution < 1.29 is 0 Å². The van der Waals surface area contributed by atoms with E-state index in [1.807, 2.05) is 0 Å². The van der Waals surface area contributed by atoms with E-state index >= 15 is 0 Å². The van der Waals surface area contributed by atoms with Gasteiger partial charge in [-0.05, 0) is 97.2 Å². The Morgan fingerprint density at radius 1 is 0.630 bits per heavy atom. The molecule has 0 aliphatic heterocycles. The average molecular weight is 411 g/mol. The molecule has 0 aromatic heterocycles. The van der Waals surface area contributed by atoms with Gasteiger partial charge in [-0.2, -0.15) is 0 Å². The standard InChI is InChI=1S/C24H24Cl2Si/c1-13-9-7-11-19-21(13)15(3)17(5)23(19,25)27-24(26)18(6)16(4)22-14(2)10-8-12-20(22)24/h7-12H,1-6H3. The van der Waals surface area contributed by atoms with E-state index in [4.69, 9.17) is 23.2 Å². The maximum atomic E-state index is 7.45. The minimum absolute atomic E-state index is 0.320. The van der Waals surface area contributed by atoms with Crippen LogP contribution >= 0.6 is 23.2 Å². The molecule has 27 heavy (non-hydrogen) atoms. The fourth-order valence-corrected chi connectivity index (χ4v) is 8.27. The van der Waals surface area contributed by atoms with E-state index in [0.29, 0.717) is 9.52 Å². The molecule has 2 radical (unpaired) electrons. The summed E-state index contributed by atoms with van der Waals surface area (Å²) in [5, 5.41) is 0. The predicted molar refractivity (Wildman–Crippen MR) is 120 cm³/mol. The molecule has 0 amide bonds. The molecule has 2 atom stereocenters. The van der Waals surface area contributed by atoms with Crippen molar-refractivity contribution in [3.63, 3.8) is 0 Å². The van der Waals surface area contributed by atoms with Crippen LogP contribution < -0.4 is 0 Å². The van der Waals surface area contributed by atoms with E-state index < -0.39 is 8.99 Å². The highest BCUT2D eigenvalue weighted by Crippen LogP contribution is 2.57. The second-order valence-corrected chi connectivity index (χ2v) is 11.5. The van der Waals surface area contributed by atoms with Gasteiger partial charge in [0.15, 0.2) is 0 Å². The van der Waals surface area contributed by atoms with Gasteiger partial charge in [0.25, 0.3) is 0 Å². The Hall–Kier alpha value is -1.28. The average Bonchev–Trinajstić information content (AvgIpc) is 2.93. The Labute approximate surface area is 175 Å². The van der Waals surface area contributed by atoms with Crippen molar-refractivity contribution in [1.29, 1.82) is 0 Å².